The zero-order valence-electron chi connectivity index (χ0n) is 15.4. The van der Waals surface area contributed by atoms with Gasteiger partial charge >= 0.3 is 5.97 Å². The summed E-state index contributed by atoms with van der Waals surface area (Å²) >= 11 is 0. The first-order valence-corrected chi connectivity index (χ1v) is 8.71. The fourth-order valence-electron chi connectivity index (χ4n) is 3.26. The zero-order chi connectivity index (χ0) is 18.5. The molecule has 2 aromatic rings. The Balaban J connectivity index is 1.68. The van der Waals surface area contributed by atoms with Gasteiger partial charge in [0.05, 0.1) is 21.3 Å². The van der Waals surface area contributed by atoms with Gasteiger partial charge in [0.1, 0.15) is 11.9 Å². The van der Waals surface area contributed by atoms with Crippen molar-refractivity contribution in [2.24, 2.45) is 0 Å². The van der Waals surface area contributed by atoms with Gasteiger partial charge in [0, 0.05) is 6.42 Å². The van der Waals surface area contributed by atoms with Crippen LogP contribution in [0, 0.1) is 0 Å². The molecule has 2 aromatic carbocycles. The van der Waals surface area contributed by atoms with E-state index in [0.717, 1.165) is 41.2 Å². The molecular weight excluding hydrogens is 332 g/mol. The van der Waals surface area contributed by atoms with E-state index in [0.29, 0.717) is 12.8 Å². The molecule has 0 spiro atoms. The maximum absolute atomic E-state index is 11.2. The second kappa shape index (κ2) is 8.13. The van der Waals surface area contributed by atoms with Crippen LogP contribution in [-0.4, -0.2) is 27.3 Å². The minimum atomic E-state index is -0.197. The molecule has 1 aliphatic rings. The van der Waals surface area contributed by atoms with Crippen LogP contribution in [-0.2, 0) is 22.4 Å². The Labute approximate surface area is 153 Å². The number of rotatable bonds is 7. The second-order valence-electron chi connectivity index (χ2n) is 6.27. The molecule has 0 saturated heterocycles. The minimum Gasteiger partial charge on any atom is -0.493 e. The fraction of sp³-hybridized carbons (Fsp3) is 0.381. The van der Waals surface area contributed by atoms with Crippen molar-refractivity contribution in [3.05, 3.63) is 53.1 Å². The van der Waals surface area contributed by atoms with Crippen LogP contribution < -0.4 is 14.2 Å². The van der Waals surface area contributed by atoms with Gasteiger partial charge in [-0.1, -0.05) is 12.1 Å². The lowest BCUT2D eigenvalue weighted by molar-refractivity contribution is -0.140. The molecule has 0 fully saturated rings. The summed E-state index contributed by atoms with van der Waals surface area (Å²) < 4.78 is 21.6. The zero-order valence-corrected chi connectivity index (χ0v) is 15.4. The lowest BCUT2D eigenvalue weighted by Gasteiger charge is -2.17. The number of carbonyl (C=O) groups excluding carboxylic acids is 1. The van der Waals surface area contributed by atoms with E-state index in [1.54, 1.807) is 14.2 Å². The Morgan fingerprint density at radius 2 is 1.73 bits per heavy atom. The summed E-state index contributed by atoms with van der Waals surface area (Å²) in [5.41, 5.74) is 3.47. The van der Waals surface area contributed by atoms with Gasteiger partial charge in [-0.25, -0.2) is 0 Å². The highest BCUT2D eigenvalue weighted by Gasteiger charge is 2.26. The smallest absolute Gasteiger partial charge is 0.305 e. The highest BCUT2D eigenvalue weighted by atomic mass is 16.5. The molecule has 138 valence electrons. The third-order valence-corrected chi connectivity index (χ3v) is 4.72. The van der Waals surface area contributed by atoms with Gasteiger partial charge in [0.15, 0.2) is 11.5 Å². The number of fused-ring (bicyclic) bond motifs is 1. The normalized spacial score (nSPS) is 15.3. The lowest BCUT2D eigenvalue weighted by Crippen LogP contribution is -2.05. The van der Waals surface area contributed by atoms with Crippen molar-refractivity contribution < 1.29 is 23.7 Å². The topological polar surface area (TPSA) is 54.0 Å². The molecule has 1 aliphatic carbocycles. The van der Waals surface area contributed by atoms with Crippen LogP contribution in [0.4, 0.5) is 0 Å². The van der Waals surface area contributed by atoms with Gasteiger partial charge in [-0.3, -0.25) is 4.79 Å². The maximum Gasteiger partial charge on any atom is 0.305 e. The Morgan fingerprint density at radius 3 is 2.38 bits per heavy atom. The third-order valence-electron chi connectivity index (χ3n) is 4.72. The standard InChI is InChI=1S/C21H24O5/c1-23-19-12-15-7-10-18(17(15)13-20(19)24-2)26-16-8-4-14(5-9-16)6-11-21(22)25-3/h4-5,8-9,12-13,18H,6-7,10-11H2,1-3H3. The van der Waals surface area contributed by atoms with Crippen molar-refractivity contribution in [2.75, 3.05) is 21.3 Å². The molecule has 3 rings (SSSR count). The van der Waals surface area contributed by atoms with E-state index in [-0.39, 0.29) is 12.1 Å². The van der Waals surface area contributed by atoms with Gasteiger partial charge < -0.3 is 18.9 Å². The molecular formula is C21H24O5. The number of aryl methyl sites for hydroxylation is 2. The number of hydrogen-bond donors (Lipinski definition) is 0. The predicted octanol–water partition coefficient (Wildman–Crippen LogP) is 3.88. The van der Waals surface area contributed by atoms with E-state index >= 15 is 0 Å². The average Bonchev–Trinajstić information content (AvgIpc) is 3.07. The van der Waals surface area contributed by atoms with Crippen molar-refractivity contribution >= 4 is 5.97 Å². The first-order chi connectivity index (χ1) is 12.6. The molecule has 0 N–H and O–H groups in total. The van der Waals surface area contributed by atoms with E-state index in [1.807, 2.05) is 36.4 Å². The van der Waals surface area contributed by atoms with Crippen LogP contribution in [0.1, 0.15) is 35.6 Å². The number of esters is 1. The monoisotopic (exact) mass is 356 g/mol. The molecule has 0 bridgehead atoms. The summed E-state index contributed by atoms with van der Waals surface area (Å²) in [5.74, 6) is 2.10. The molecule has 1 unspecified atom stereocenters. The SMILES string of the molecule is COC(=O)CCc1ccc(OC2CCc3cc(OC)c(OC)cc32)cc1. The number of hydrogen-bond acceptors (Lipinski definition) is 5. The molecule has 0 amide bonds. The van der Waals surface area contributed by atoms with Crippen molar-refractivity contribution in [2.45, 2.75) is 31.8 Å². The number of benzene rings is 2. The van der Waals surface area contributed by atoms with E-state index in [4.69, 9.17) is 14.2 Å². The van der Waals surface area contributed by atoms with Crippen molar-refractivity contribution in [1.82, 2.24) is 0 Å². The quantitative estimate of drug-likeness (QED) is 0.705. The Morgan fingerprint density at radius 1 is 1.04 bits per heavy atom. The van der Waals surface area contributed by atoms with Gasteiger partial charge in [0.2, 0.25) is 0 Å². The molecule has 5 nitrogen and oxygen atoms in total. The number of ether oxygens (including phenoxy) is 4. The molecule has 0 heterocycles. The summed E-state index contributed by atoms with van der Waals surface area (Å²) in [6, 6.07) is 11.9. The maximum atomic E-state index is 11.2. The summed E-state index contributed by atoms with van der Waals surface area (Å²) in [6.07, 6.45) is 2.93. The average molecular weight is 356 g/mol. The minimum absolute atomic E-state index is 0.00530. The van der Waals surface area contributed by atoms with Crippen molar-refractivity contribution in [3.8, 4) is 17.2 Å². The molecule has 5 heteroatoms. The van der Waals surface area contributed by atoms with Crippen molar-refractivity contribution in [1.29, 1.82) is 0 Å². The fourth-order valence-corrected chi connectivity index (χ4v) is 3.26. The van der Waals surface area contributed by atoms with Crippen LogP contribution in [0.2, 0.25) is 0 Å². The Hall–Kier alpha value is -2.69. The Bertz CT molecular complexity index is 767. The van der Waals surface area contributed by atoms with Crippen LogP contribution in [0.5, 0.6) is 17.2 Å². The molecule has 0 radical (unpaired) electrons. The molecule has 1 atom stereocenters. The molecule has 0 aromatic heterocycles. The largest absolute Gasteiger partial charge is 0.493 e. The second-order valence-corrected chi connectivity index (χ2v) is 6.27. The first-order valence-electron chi connectivity index (χ1n) is 8.71. The Kier molecular flexibility index (Phi) is 5.66. The first kappa shape index (κ1) is 18.1. The van der Waals surface area contributed by atoms with E-state index < -0.39 is 0 Å². The summed E-state index contributed by atoms with van der Waals surface area (Å²) in [7, 11) is 4.69. The summed E-state index contributed by atoms with van der Waals surface area (Å²) in [6.45, 7) is 0. The summed E-state index contributed by atoms with van der Waals surface area (Å²) in [5, 5.41) is 0. The highest BCUT2D eigenvalue weighted by Crippen LogP contribution is 2.41. The van der Waals surface area contributed by atoms with Crippen molar-refractivity contribution in [3.63, 3.8) is 0 Å². The number of carbonyl (C=O) groups is 1. The summed E-state index contributed by atoms with van der Waals surface area (Å²) in [4.78, 5) is 11.2. The van der Waals surface area contributed by atoms with Gasteiger partial charge in [-0.15, -0.1) is 0 Å². The lowest BCUT2D eigenvalue weighted by atomic mass is 10.1. The third kappa shape index (κ3) is 3.93. The highest BCUT2D eigenvalue weighted by molar-refractivity contribution is 5.69. The van der Waals surface area contributed by atoms with Gasteiger partial charge in [-0.05, 0) is 60.2 Å². The van der Waals surface area contributed by atoms with Gasteiger partial charge in [0.25, 0.3) is 0 Å². The van der Waals surface area contributed by atoms with Crippen LogP contribution in [0.3, 0.4) is 0 Å². The number of methoxy groups -OCH3 is 3. The van der Waals surface area contributed by atoms with E-state index in [9.17, 15) is 4.79 Å². The molecule has 0 aliphatic heterocycles. The van der Waals surface area contributed by atoms with Gasteiger partial charge in [-0.2, -0.15) is 0 Å². The van der Waals surface area contributed by atoms with Crippen LogP contribution in [0.15, 0.2) is 36.4 Å². The molecule has 26 heavy (non-hydrogen) atoms. The van der Waals surface area contributed by atoms with E-state index in [2.05, 4.69) is 4.74 Å². The van der Waals surface area contributed by atoms with Crippen LogP contribution >= 0.6 is 0 Å². The molecule has 0 saturated carbocycles. The van der Waals surface area contributed by atoms with E-state index in [1.165, 1.54) is 12.7 Å². The predicted molar refractivity (Wildman–Crippen MR) is 98.0 cm³/mol. The van der Waals surface area contributed by atoms with Crippen LogP contribution in [0.25, 0.3) is 0 Å².